The number of quaternary nitrogens is 1. The molecule has 0 heterocycles. The Labute approximate surface area is 496 Å². The molecule has 0 rings (SSSR count). The quantitative estimate of drug-likeness (QED) is 0.0212. The van der Waals surface area contributed by atoms with Crippen molar-refractivity contribution in [1.82, 2.24) is 5.32 Å². The number of hydrogen-bond donors (Lipinski definition) is 1. The Morgan fingerprint density at radius 1 is 0.438 bits per heavy atom. The van der Waals surface area contributed by atoms with Crippen LogP contribution in [0.2, 0.25) is 0 Å². The molecule has 0 aliphatic rings. The molecule has 468 valence electrons. The number of amides is 1. The number of unbranched alkanes of at least 4 members (excludes halogenated alkanes) is 38. The van der Waals surface area contributed by atoms with Gasteiger partial charge < -0.3 is 28.5 Å². The van der Waals surface area contributed by atoms with E-state index in [1.54, 1.807) is 0 Å². The minimum atomic E-state index is -4.72. The van der Waals surface area contributed by atoms with Crippen LogP contribution in [-0.2, 0) is 27.9 Å². The number of esters is 1. The molecule has 0 aliphatic heterocycles. The smallest absolute Gasteiger partial charge is 0.306 e. The van der Waals surface area contributed by atoms with Crippen LogP contribution in [0.15, 0.2) is 60.8 Å². The van der Waals surface area contributed by atoms with E-state index >= 15 is 0 Å². The maximum absolute atomic E-state index is 13.5. The highest BCUT2D eigenvalue weighted by molar-refractivity contribution is 7.45. The summed E-state index contributed by atoms with van der Waals surface area (Å²) in [7, 11) is 1.16. The first-order valence-electron chi connectivity index (χ1n) is 34.1. The normalized spacial score (nSPS) is 13.9. The van der Waals surface area contributed by atoms with Crippen LogP contribution in [0.4, 0.5) is 0 Å². The molecule has 0 aromatic rings. The fourth-order valence-corrected chi connectivity index (χ4v) is 10.7. The molecule has 80 heavy (non-hydrogen) atoms. The summed E-state index contributed by atoms with van der Waals surface area (Å²) < 4.78 is 30.3. The second-order valence-corrected chi connectivity index (χ2v) is 25.7. The van der Waals surface area contributed by atoms with Gasteiger partial charge in [-0.2, -0.15) is 0 Å². The predicted molar refractivity (Wildman–Crippen MR) is 344 cm³/mol. The lowest BCUT2D eigenvalue weighted by Gasteiger charge is -2.30. The average Bonchev–Trinajstić information content (AvgIpc) is 3.42. The van der Waals surface area contributed by atoms with Crippen LogP contribution in [-0.4, -0.2) is 69.4 Å². The van der Waals surface area contributed by atoms with E-state index in [0.717, 1.165) is 64.2 Å². The SMILES string of the molecule is CCCCC/C=C\C/C=C\C/C=C\C/C=C\CCCC(=O)NC(COP(=O)([O-])OCC[N+](C)(C)C)C(/C=C\CCCCCCCCCCCC)OC(=O)CCCCCCCCCCCCCCCCCCCCCCCCCCC. The van der Waals surface area contributed by atoms with Gasteiger partial charge in [0.2, 0.25) is 5.91 Å². The van der Waals surface area contributed by atoms with E-state index in [9.17, 15) is 19.0 Å². The highest BCUT2D eigenvalue weighted by Crippen LogP contribution is 2.38. The van der Waals surface area contributed by atoms with Crippen molar-refractivity contribution < 1.29 is 37.3 Å². The Bertz CT molecular complexity index is 1550. The number of carbonyl (C=O) groups is 2. The lowest BCUT2D eigenvalue weighted by Crippen LogP contribution is -2.47. The third-order valence-corrected chi connectivity index (χ3v) is 16.2. The molecule has 0 radical (unpaired) electrons. The molecular formula is C70H131N2O7P. The van der Waals surface area contributed by atoms with Gasteiger partial charge in [0.15, 0.2) is 0 Å². The number of phosphoric ester groups is 1. The predicted octanol–water partition coefficient (Wildman–Crippen LogP) is 20.8. The molecule has 0 fully saturated rings. The standard InChI is InChI=1S/C70H131N2O7P/c1-7-10-13-16-19-22-25-28-30-32-33-34-35-36-37-38-39-41-43-45-48-51-54-57-60-63-70(74)79-68(61-58-55-52-49-46-27-24-21-18-15-12-9-3)67(66-78-80(75,76)77-65-64-72(4,5)6)71-69(73)62-59-56-53-50-47-44-42-40-31-29-26-23-20-17-14-11-8-2/h20,23,29,31,42,44,50,53,58,61,67-68H,7-19,21-22,24-28,30,32-41,43,45-49,51-52,54-57,59-60,62-66H2,1-6H3,(H-,71,73,75,76)/b23-20-,31-29-,44-42-,53-50-,61-58-. The number of rotatable bonds is 62. The van der Waals surface area contributed by atoms with Crippen LogP contribution < -0.4 is 10.2 Å². The summed E-state index contributed by atoms with van der Waals surface area (Å²) in [6.45, 7) is 6.81. The van der Waals surface area contributed by atoms with Crippen molar-refractivity contribution in [1.29, 1.82) is 0 Å². The Kier molecular flexibility index (Phi) is 58.1. The van der Waals surface area contributed by atoms with Gasteiger partial charge in [-0.3, -0.25) is 14.2 Å². The average molecular weight is 1140 g/mol. The summed E-state index contributed by atoms with van der Waals surface area (Å²) in [6.07, 6.45) is 76.5. The summed E-state index contributed by atoms with van der Waals surface area (Å²) in [5.41, 5.74) is 0. The molecule has 3 atom stereocenters. The third-order valence-electron chi connectivity index (χ3n) is 15.2. The van der Waals surface area contributed by atoms with Gasteiger partial charge in [-0.25, -0.2) is 0 Å². The zero-order chi connectivity index (χ0) is 58.6. The highest BCUT2D eigenvalue weighted by Gasteiger charge is 2.27. The van der Waals surface area contributed by atoms with Gasteiger partial charge in [-0.15, -0.1) is 0 Å². The zero-order valence-corrected chi connectivity index (χ0v) is 54.4. The molecule has 10 heteroatoms. The molecule has 1 N–H and O–H groups in total. The monoisotopic (exact) mass is 1140 g/mol. The van der Waals surface area contributed by atoms with Crippen LogP contribution in [0, 0.1) is 0 Å². The highest BCUT2D eigenvalue weighted by atomic mass is 31.2. The first-order valence-corrected chi connectivity index (χ1v) is 35.6. The Morgan fingerprint density at radius 3 is 1.19 bits per heavy atom. The number of phosphoric acid groups is 1. The molecule has 0 saturated heterocycles. The molecule has 1 amide bonds. The van der Waals surface area contributed by atoms with Gasteiger partial charge in [0, 0.05) is 12.8 Å². The van der Waals surface area contributed by atoms with Gasteiger partial charge in [-0.1, -0.05) is 300 Å². The summed E-state index contributed by atoms with van der Waals surface area (Å²) in [4.78, 5) is 40.0. The number of ether oxygens (including phenoxy) is 1. The van der Waals surface area contributed by atoms with E-state index < -0.39 is 26.6 Å². The number of carbonyl (C=O) groups excluding carboxylic acids is 2. The Balaban J connectivity index is 5.12. The largest absolute Gasteiger partial charge is 0.756 e. The molecule has 0 saturated carbocycles. The van der Waals surface area contributed by atoms with Crippen molar-refractivity contribution >= 4 is 19.7 Å². The second kappa shape index (κ2) is 59.9. The summed E-state index contributed by atoms with van der Waals surface area (Å²) in [6, 6.07) is -0.916. The van der Waals surface area contributed by atoms with Gasteiger partial charge in [-0.05, 0) is 70.3 Å². The summed E-state index contributed by atoms with van der Waals surface area (Å²) in [5.74, 6) is -0.595. The maximum Gasteiger partial charge on any atom is 0.306 e. The van der Waals surface area contributed by atoms with E-state index in [1.165, 1.54) is 218 Å². The molecule has 0 aliphatic carbocycles. The molecule has 0 bridgehead atoms. The Morgan fingerprint density at radius 2 is 0.775 bits per heavy atom. The number of nitrogens with zero attached hydrogens (tertiary/aromatic N) is 1. The molecule has 3 unspecified atom stereocenters. The molecule has 0 spiro atoms. The van der Waals surface area contributed by atoms with Crippen LogP contribution in [0.3, 0.4) is 0 Å². The van der Waals surface area contributed by atoms with Crippen molar-refractivity contribution in [3.8, 4) is 0 Å². The first-order chi connectivity index (χ1) is 38.9. The first kappa shape index (κ1) is 77.7. The number of allylic oxidation sites excluding steroid dienone is 9. The third kappa shape index (κ3) is 60.3. The summed E-state index contributed by atoms with van der Waals surface area (Å²) in [5, 5.41) is 3.00. The van der Waals surface area contributed by atoms with Crippen LogP contribution in [0.25, 0.3) is 0 Å². The van der Waals surface area contributed by atoms with Gasteiger partial charge in [0.05, 0.1) is 33.8 Å². The van der Waals surface area contributed by atoms with Gasteiger partial charge in [0.25, 0.3) is 7.82 Å². The lowest BCUT2D eigenvalue weighted by atomic mass is 10.0. The summed E-state index contributed by atoms with van der Waals surface area (Å²) >= 11 is 0. The van der Waals surface area contributed by atoms with Gasteiger partial charge in [0.1, 0.15) is 19.3 Å². The fourth-order valence-electron chi connectivity index (χ4n) is 9.93. The van der Waals surface area contributed by atoms with Crippen molar-refractivity contribution in [2.45, 2.75) is 335 Å². The van der Waals surface area contributed by atoms with Crippen molar-refractivity contribution in [2.24, 2.45) is 0 Å². The fraction of sp³-hybridized carbons (Fsp3) is 0.829. The number of likely N-dealkylation sites (N-methyl/N-ethyl adjacent to an activating group) is 1. The molecular weight excluding hydrogens is 1010 g/mol. The minimum Gasteiger partial charge on any atom is -0.756 e. The van der Waals surface area contributed by atoms with E-state index in [1.807, 2.05) is 33.3 Å². The number of hydrogen-bond acceptors (Lipinski definition) is 7. The lowest BCUT2D eigenvalue weighted by molar-refractivity contribution is -0.870. The van der Waals surface area contributed by atoms with E-state index in [-0.39, 0.29) is 31.3 Å². The molecule has 0 aromatic heterocycles. The van der Waals surface area contributed by atoms with Crippen LogP contribution >= 0.6 is 7.82 Å². The topological polar surface area (TPSA) is 114 Å². The molecule has 0 aromatic carbocycles. The Hall–Kier alpha value is -2.29. The van der Waals surface area contributed by atoms with Crippen molar-refractivity contribution in [2.75, 3.05) is 40.9 Å². The van der Waals surface area contributed by atoms with Crippen molar-refractivity contribution in [3.05, 3.63) is 60.8 Å². The minimum absolute atomic E-state index is 0.0322. The van der Waals surface area contributed by atoms with Gasteiger partial charge >= 0.3 is 5.97 Å². The van der Waals surface area contributed by atoms with E-state index in [4.69, 9.17) is 13.8 Å². The van der Waals surface area contributed by atoms with Crippen LogP contribution in [0.5, 0.6) is 0 Å². The second-order valence-electron chi connectivity index (χ2n) is 24.3. The van der Waals surface area contributed by atoms with E-state index in [0.29, 0.717) is 17.4 Å². The molecule has 9 nitrogen and oxygen atoms in total. The van der Waals surface area contributed by atoms with Crippen LogP contribution in [0.1, 0.15) is 323 Å². The zero-order valence-electron chi connectivity index (χ0n) is 53.5. The van der Waals surface area contributed by atoms with E-state index in [2.05, 4.69) is 74.7 Å². The van der Waals surface area contributed by atoms with Crippen molar-refractivity contribution in [3.63, 3.8) is 0 Å². The number of nitrogens with one attached hydrogen (secondary N) is 1. The maximum atomic E-state index is 13.5.